The van der Waals surface area contributed by atoms with Crippen LogP contribution in [0.1, 0.15) is 26.7 Å². The monoisotopic (exact) mass is 299 g/mol. The van der Waals surface area contributed by atoms with E-state index in [0.29, 0.717) is 17.8 Å². The van der Waals surface area contributed by atoms with Crippen LogP contribution in [0.4, 0.5) is 11.9 Å². The van der Waals surface area contributed by atoms with Gasteiger partial charge in [-0.2, -0.15) is 15.0 Å². The SMILES string of the molecule is CCN(CC)c1nc(Cl)nc(NCCC2CCOC2)n1. The third-order valence-electron chi connectivity index (χ3n) is 3.50. The maximum atomic E-state index is 5.97. The molecular formula is C13H22ClN5O. The summed E-state index contributed by atoms with van der Waals surface area (Å²) in [7, 11) is 0. The van der Waals surface area contributed by atoms with E-state index in [2.05, 4.69) is 34.1 Å². The molecule has 0 spiro atoms. The lowest BCUT2D eigenvalue weighted by atomic mass is 10.1. The van der Waals surface area contributed by atoms with E-state index in [-0.39, 0.29) is 5.28 Å². The second kappa shape index (κ2) is 7.59. The van der Waals surface area contributed by atoms with Crippen molar-refractivity contribution in [2.75, 3.05) is 43.1 Å². The highest BCUT2D eigenvalue weighted by Gasteiger charge is 2.15. The Morgan fingerprint density at radius 1 is 1.30 bits per heavy atom. The van der Waals surface area contributed by atoms with Gasteiger partial charge in [-0.1, -0.05) is 0 Å². The van der Waals surface area contributed by atoms with E-state index >= 15 is 0 Å². The second-order valence-electron chi connectivity index (χ2n) is 4.85. The third-order valence-corrected chi connectivity index (χ3v) is 3.67. The van der Waals surface area contributed by atoms with Gasteiger partial charge in [0.2, 0.25) is 17.2 Å². The Hall–Kier alpha value is -1.14. The minimum atomic E-state index is 0.230. The van der Waals surface area contributed by atoms with Crippen LogP contribution in [0.5, 0.6) is 0 Å². The summed E-state index contributed by atoms with van der Waals surface area (Å²) < 4.78 is 5.36. The highest BCUT2D eigenvalue weighted by atomic mass is 35.5. The predicted molar refractivity (Wildman–Crippen MR) is 80.4 cm³/mol. The first-order valence-corrected chi connectivity index (χ1v) is 7.58. The molecule has 6 nitrogen and oxygen atoms in total. The standard InChI is InChI=1S/C13H22ClN5O/c1-3-19(4-2)13-17-11(14)16-12(18-13)15-7-5-10-6-8-20-9-10/h10H,3-9H2,1-2H3,(H,15,16,17,18). The zero-order chi connectivity index (χ0) is 14.4. The van der Waals surface area contributed by atoms with Gasteiger partial charge in [0.1, 0.15) is 0 Å². The van der Waals surface area contributed by atoms with E-state index in [1.807, 2.05) is 4.90 Å². The van der Waals surface area contributed by atoms with Crippen LogP contribution in [-0.4, -0.2) is 47.8 Å². The molecule has 7 heteroatoms. The van der Waals surface area contributed by atoms with Crippen LogP contribution < -0.4 is 10.2 Å². The minimum absolute atomic E-state index is 0.230. The Morgan fingerprint density at radius 2 is 2.10 bits per heavy atom. The van der Waals surface area contributed by atoms with Crippen LogP contribution in [0.15, 0.2) is 0 Å². The minimum Gasteiger partial charge on any atom is -0.381 e. The quantitative estimate of drug-likeness (QED) is 0.833. The van der Waals surface area contributed by atoms with Crippen LogP contribution >= 0.6 is 11.6 Å². The summed E-state index contributed by atoms with van der Waals surface area (Å²) in [6.07, 6.45) is 2.20. The van der Waals surface area contributed by atoms with Crippen LogP contribution in [0, 0.1) is 5.92 Å². The molecule has 0 bridgehead atoms. The van der Waals surface area contributed by atoms with Crippen LogP contribution in [0.25, 0.3) is 0 Å². The molecule has 2 rings (SSSR count). The Labute approximate surface area is 124 Å². The molecule has 1 aliphatic heterocycles. The molecule has 1 unspecified atom stereocenters. The number of hydrogen-bond acceptors (Lipinski definition) is 6. The summed E-state index contributed by atoms with van der Waals surface area (Å²) >= 11 is 5.97. The molecule has 1 N–H and O–H groups in total. The van der Waals surface area contributed by atoms with Crippen molar-refractivity contribution in [1.29, 1.82) is 0 Å². The summed E-state index contributed by atoms with van der Waals surface area (Å²) in [5.41, 5.74) is 0. The van der Waals surface area contributed by atoms with Gasteiger partial charge in [0.05, 0.1) is 0 Å². The second-order valence-corrected chi connectivity index (χ2v) is 5.18. The highest BCUT2D eigenvalue weighted by Crippen LogP contribution is 2.17. The molecule has 1 aromatic rings. The number of halogens is 1. The third kappa shape index (κ3) is 4.18. The summed E-state index contributed by atoms with van der Waals surface area (Å²) in [5.74, 6) is 1.81. The largest absolute Gasteiger partial charge is 0.381 e. The van der Waals surface area contributed by atoms with Crippen molar-refractivity contribution in [2.45, 2.75) is 26.7 Å². The lowest BCUT2D eigenvalue weighted by Gasteiger charge is -2.19. The predicted octanol–water partition coefficient (Wildman–Crippen LogP) is 2.21. The fraction of sp³-hybridized carbons (Fsp3) is 0.769. The Morgan fingerprint density at radius 3 is 2.75 bits per heavy atom. The molecule has 1 saturated heterocycles. The zero-order valence-corrected chi connectivity index (χ0v) is 12.9. The molecule has 1 fully saturated rings. The van der Waals surface area contributed by atoms with E-state index < -0.39 is 0 Å². The van der Waals surface area contributed by atoms with Crippen LogP contribution in [0.3, 0.4) is 0 Å². The van der Waals surface area contributed by atoms with Gasteiger partial charge in [0.25, 0.3) is 0 Å². The molecule has 0 aromatic carbocycles. The fourth-order valence-corrected chi connectivity index (χ4v) is 2.42. The Kier molecular flexibility index (Phi) is 5.79. The van der Waals surface area contributed by atoms with Crippen molar-refractivity contribution >= 4 is 23.5 Å². The lowest BCUT2D eigenvalue weighted by molar-refractivity contribution is 0.185. The number of rotatable bonds is 7. The van der Waals surface area contributed by atoms with Gasteiger partial charge >= 0.3 is 0 Å². The van der Waals surface area contributed by atoms with E-state index in [1.165, 1.54) is 0 Å². The van der Waals surface area contributed by atoms with Crippen molar-refractivity contribution in [3.05, 3.63) is 5.28 Å². The number of ether oxygens (including phenoxy) is 1. The Balaban J connectivity index is 1.92. The summed E-state index contributed by atoms with van der Waals surface area (Å²) in [4.78, 5) is 14.8. The van der Waals surface area contributed by atoms with E-state index in [1.54, 1.807) is 0 Å². The van der Waals surface area contributed by atoms with Gasteiger partial charge < -0.3 is 15.0 Å². The molecular weight excluding hydrogens is 278 g/mol. The molecule has 0 amide bonds. The molecule has 0 radical (unpaired) electrons. The first-order chi connectivity index (χ1) is 9.72. The van der Waals surface area contributed by atoms with Gasteiger partial charge in [-0.3, -0.25) is 0 Å². The molecule has 1 atom stereocenters. The van der Waals surface area contributed by atoms with Gasteiger partial charge in [-0.25, -0.2) is 0 Å². The molecule has 1 aromatic heterocycles. The van der Waals surface area contributed by atoms with Crippen molar-refractivity contribution in [2.24, 2.45) is 5.92 Å². The maximum absolute atomic E-state index is 5.97. The molecule has 2 heterocycles. The van der Waals surface area contributed by atoms with E-state index in [9.17, 15) is 0 Å². The number of nitrogens with one attached hydrogen (secondary N) is 1. The summed E-state index contributed by atoms with van der Waals surface area (Å²) in [5, 5.41) is 3.46. The molecule has 0 saturated carbocycles. The molecule has 1 aliphatic rings. The number of hydrogen-bond donors (Lipinski definition) is 1. The van der Waals surface area contributed by atoms with E-state index in [0.717, 1.165) is 45.7 Å². The van der Waals surface area contributed by atoms with Crippen LogP contribution in [-0.2, 0) is 4.74 Å². The number of aromatic nitrogens is 3. The first kappa shape index (κ1) is 15.3. The average molecular weight is 300 g/mol. The highest BCUT2D eigenvalue weighted by molar-refractivity contribution is 6.28. The van der Waals surface area contributed by atoms with Crippen LogP contribution in [0.2, 0.25) is 5.28 Å². The molecule has 20 heavy (non-hydrogen) atoms. The van der Waals surface area contributed by atoms with E-state index in [4.69, 9.17) is 16.3 Å². The van der Waals surface area contributed by atoms with Crippen molar-refractivity contribution in [3.63, 3.8) is 0 Å². The normalized spacial score (nSPS) is 18.2. The van der Waals surface area contributed by atoms with Crippen molar-refractivity contribution < 1.29 is 4.74 Å². The van der Waals surface area contributed by atoms with Gasteiger partial charge in [-0.15, -0.1) is 0 Å². The van der Waals surface area contributed by atoms with Crippen molar-refractivity contribution in [1.82, 2.24) is 15.0 Å². The number of anilines is 2. The smallest absolute Gasteiger partial charge is 0.231 e. The Bertz CT molecular complexity index is 421. The van der Waals surface area contributed by atoms with Gasteiger partial charge in [-0.05, 0) is 44.2 Å². The summed E-state index contributed by atoms with van der Waals surface area (Å²) in [6, 6.07) is 0. The average Bonchev–Trinajstić information content (AvgIpc) is 2.93. The van der Waals surface area contributed by atoms with Gasteiger partial charge in [0, 0.05) is 32.8 Å². The maximum Gasteiger partial charge on any atom is 0.231 e. The molecule has 112 valence electrons. The fourth-order valence-electron chi connectivity index (χ4n) is 2.27. The first-order valence-electron chi connectivity index (χ1n) is 7.21. The summed E-state index contributed by atoms with van der Waals surface area (Å²) in [6.45, 7) is 8.39. The topological polar surface area (TPSA) is 63.2 Å². The van der Waals surface area contributed by atoms with Gasteiger partial charge in [0.15, 0.2) is 0 Å². The lowest BCUT2D eigenvalue weighted by Crippen LogP contribution is -2.25. The molecule has 0 aliphatic carbocycles. The van der Waals surface area contributed by atoms with Crippen molar-refractivity contribution in [3.8, 4) is 0 Å². The number of nitrogens with zero attached hydrogens (tertiary/aromatic N) is 4. The zero-order valence-electron chi connectivity index (χ0n) is 12.1.